The van der Waals surface area contributed by atoms with E-state index in [-0.39, 0.29) is 11.0 Å². The van der Waals surface area contributed by atoms with Crippen molar-refractivity contribution in [2.24, 2.45) is 5.92 Å². The zero-order valence-electron chi connectivity index (χ0n) is 17.4. The molecular formula is C21H38O4Si. The van der Waals surface area contributed by atoms with Crippen LogP contribution in [0.25, 0.3) is 0 Å². The van der Waals surface area contributed by atoms with Crippen LogP contribution in [0.5, 0.6) is 0 Å². The Morgan fingerprint density at radius 3 is 2.23 bits per heavy atom. The average Bonchev–Trinajstić information content (AvgIpc) is 2.56. The molecular weight excluding hydrogens is 344 g/mol. The summed E-state index contributed by atoms with van der Waals surface area (Å²) in [6.07, 6.45) is -0.535. The molecule has 3 atom stereocenters. The van der Waals surface area contributed by atoms with Crippen molar-refractivity contribution in [2.75, 3.05) is 13.2 Å². The van der Waals surface area contributed by atoms with E-state index < -0.39 is 20.5 Å². The van der Waals surface area contributed by atoms with Gasteiger partial charge in [0, 0.05) is 13.2 Å². The van der Waals surface area contributed by atoms with E-state index in [0.29, 0.717) is 32.7 Å². The lowest BCUT2D eigenvalue weighted by atomic mass is 9.99. The van der Waals surface area contributed by atoms with Gasteiger partial charge >= 0.3 is 0 Å². The molecule has 0 saturated heterocycles. The highest BCUT2D eigenvalue weighted by Crippen LogP contribution is 2.36. The second-order valence-electron chi connectivity index (χ2n) is 8.87. The topological polar surface area (TPSA) is 58.9 Å². The molecule has 2 N–H and O–H groups in total. The molecule has 0 amide bonds. The molecule has 0 aromatic heterocycles. The lowest BCUT2D eigenvalue weighted by Gasteiger charge is -2.37. The first-order valence-corrected chi connectivity index (χ1v) is 12.6. The number of ether oxygens (including phenoxy) is 1. The third-order valence-corrected chi connectivity index (χ3v) is 9.79. The minimum atomic E-state index is -1.77. The SMILES string of the molecule is C[C@H](CO[Si](C)(C)C(C)(C)C)C[C@H](O)[C@@H](O)CCOCc1ccccc1. The Hall–Kier alpha value is -0.723. The van der Waals surface area contributed by atoms with E-state index in [9.17, 15) is 10.2 Å². The second-order valence-corrected chi connectivity index (χ2v) is 13.7. The lowest BCUT2D eigenvalue weighted by Crippen LogP contribution is -2.42. The molecule has 1 aromatic rings. The summed E-state index contributed by atoms with van der Waals surface area (Å²) in [6, 6.07) is 9.94. The van der Waals surface area contributed by atoms with Crippen LogP contribution in [0.3, 0.4) is 0 Å². The van der Waals surface area contributed by atoms with Crippen LogP contribution < -0.4 is 0 Å². The normalized spacial score (nSPS) is 16.3. The zero-order valence-corrected chi connectivity index (χ0v) is 18.4. The summed E-state index contributed by atoms with van der Waals surface area (Å²) in [6.45, 7) is 14.8. The van der Waals surface area contributed by atoms with Gasteiger partial charge in [0.15, 0.2) is 8.32 Å². The first-order valence-electron chi connectivity index (χ1n) is 9.64. The Morgan fingerprint density at radius 2 is 1.65 bits per heavy atom. The van der Waals surface area contributed by atoms with Gasteiger partial charge in [0.2, 0.25) is 0 Å². The van der Waals surface area contributed by atoms with E-state index in [2.05, 4.69) is 40.8 Å². The van der Waals surface area contributed by atoms with Crippen molar-refractivity contribution in [3.05, 3.63) is 35.9 Å². The van der Waals surface area contributed by atoms with Crippen LogP contribution in [-0.2, 0) is 15.8 Å². The van der Waals surface area contributed by atoms with Crippen LogP contribution in [0, 0.1) is 5.92 Å². The van der Waals surface area contributed by atoms with Gasteiger partial charge in [-0.2, -0.15) is 0 Å². The molecule has 0 spiro atoms. The smallest absolute Gasteiger partial charge is 0.191 e. The Morgan fingerprint density at radius 1 is 1.04 bits per heavy atom. The highest BCUT2D eigenvalue weighted by atomic mass is 28.4. The number of benzene rings is 1. The number of aliphatic hydroxyl groups excluding tert-OH is 2. The van der Waals surface area contributed by atoms with Gasteiger partial charge in [-0.15, -0.1) is 0 Å². The molecule has 0 saturated carbocycles. The number of aliphatic hydroxyl groups is 2. The fraction of sp³-hybridized carbons (Fsp3) is 0.714. The highest BCUT2D eigenvalue weighted by Gasteiger charge is 2.37. The van der Waals surface area contributed by atoms with Crippen molar-refractivity contribution in [3.63, 3.8) is 0 Å². The second kappa shape index (κ2) is 10.6. The molecule has 1 aromatic carbocycles. The first-order chi connectivity index (χ1) is 12.0. The van der Waals surface area contributed by atoms with Gasteiger partial charge in [0.05, 0.1) is 18.8 Å². The average molecular weight is 383 g/mol. The summed E-state index contributed by atoms with van der Waals surface area (Å²) in [7, 11) is -1.77. The molecule has 1 rings (SSSR count). The number of hydrogen-bond acceptors (Lipinski definition) is 4. The fourth-order valence-corrected chi connectivity index (χ4v) is 3.50. The lowest BCUT2D eigenvalue weighted by molar-refractivity contribution is -0.0192. The molecule has 150 valence electrons. The molecule has 0 fully saturated rings. The Kier molecular flexibility index (Phi) is 9.48. The van der Waals surface area contributed by atoms with E-state index in [1.165, 1.54) is 0 Å². The molecule has 4 nitrogen and oxygen atoms in total. The van der Waals surface area contributed by atoms with E-state index in [1.807, 2.05) is 30.3 Å². The molecule has 26 heavy (non-hydrogen) atoms. The molecule has 0 radical (unpaired) electrons. The standard InChI is InChI=1S/C21H38O4Si/c1-17(15-25-26(5,6)21(2,3)4)14-20(23)19(22)12-13-24-16-18-10-8-7-9-11-18/h7-11,17,19-20,22-23H,12-16H2,1-6H3/t17-,19-,20-/m0/s1. The Bertz CT molecular complexity index is 498. The molecule has 0 aliphatic carbocycles. The van der Waals surface area contributed by atoms with Crippen molar-refractivity contribution in [3.8, 4) is 0 Å². The summed E-state index contributed by atoms with van der Waals surface area (Å²) in [5.41, 5.74) is 1.11. The summed E-state index contributed by atoms with van der Waals surface area (Å²) in [5.74, 6) is 0.207. The molecule has 0 aliphatic rings. The van der Waals surface area contributed by atoms with Crippen molar-refractivity contribution in [2.45, 2.75) is 77.5 Å². The first kappa shape index (κ1) is 23.3. The molecule has 0 unspecified atom stereocenters. The van der Waals surface area contributed by atoms with Crippen LogP contribution in [0.4, 0.5) is 0 Å². The summed E-state index contributed by atoms with van der Waals surface area (Å²) in [5, 5.41) is 20.6. The van der Waals surface area contributed by atoms with Crippen molar-refractivity contribution in [1.82, 2.24) is 0 Å². The van der Waals surface area contributed by atoms with E-state index >= 15 is 0 Å². The predicted octanol–water partition coefficient (Wildman–Crippen LogP) is 4.36. The maximum atomic E-state index is 10.2. The van der Waals surface area contributed by atoms with Gasteiger partial charge in [-0.1, -0.05) is 58.0 Å². The van der Waals surface area contributed by atoms with Crippen LogP contribution in [0.1, 0.15) is 46.1 Å². The van der Waals surface area contributed by atoms with Gasteiger partial charge in [-0.25, -0.2) is 0 Å². The van der Waals surface area contributed by atoms with Gasteiger partial charge in [-0.3, -0.25) is 0 Å². The van der Waals surface area contributed by atoms with E-state index in [4.69, 9.17) is 9.16 Å². The van der Waals surface area contributed by atoms with Crippen LogP contribution in [0.15, 0.2) is 30.3 Å². The largest absolute Gasteiger partial charge is 0.417 e. The van der Waals surface area contributed by atoms with Gasteiger partial charge in [0.1, 0.15) is 0 Å². The summed E-state index contributed by atoms with van der Waals surface area (Å²) < 4.78 is 11.8. The third-order valence-electron chi connectivity index (χ3n) is 5.29. The minimum Gasteiger partial charge on any atom is -0.417 e. The maximum Gasteiger partial charge on any atom is 0.191 e. The molecule has 0 bridgehead atoms. The predicted molar refractivity (Wildman–Crippen MR) is 110 cm³/mol. The van der Waals surface area contributed by atoms with E-state index in [0.717, 1.165) is 5.56 Å². The summed E-state index contributed by atoms with van der Waals surface area (Å²) >= 11 is 0. The monoisotopic (exact) mass is 382 g/mol. The molecule has 0 heterocycles. The van der Waals surface area contributed by atoms with Gasteiger partial charge in [0.25, 0.3) is 0 Å². The van der Waals surface area contributed by atoms with Crippen molar-refractivity contribution < 1.29 is 19.4 Å². The number of rotatable bonds is 11. The molecule has 5 heteroatoms. The Balaban J connectivity index is 2.25. The highest BCUT2D eigenvalue weighted by molar-refractivity contribution is 6.74. The van der Waals surface area contributed by atoms with E-state index in [1.54, 1.807) is 0 Å². The van der Waals surface area contributed by atoms with Crippen LogP contribution in [0.2, 0.25) is 18.1 Å². The Labute approximate surface area is 160 Å². The third kappa shape index (κ3) is 8.31. The minimum absolute atomic E-state index is 0.181. The van der Waals surface area contributed by atoms with Crippen LogP contribution in [-0.4, -0.2) is 44.0 Å². The summed E-state index contributed by atoms with van der Waals surface area (Å²) in [4.78, 5) is 0. The quantitative estimate of drug-likeness (QED) is 0.441. The van der Waals surface area contributed by atoms with Crippen LogP contribution >= 0.6 is 0 Å². The van der Waals surface area contributed by atoms with Crippen molar-refractivity contribution >= 4 is 8.32 Å². The molecule has 0 aliphatic heterocycles. The number of hydrogen-bond donors (Lipinski definition) is 2. The maximum absolute atomic E-state index is 10.2. The van der Waals surface area contributed by atoms with Gasteiger partial charge in [-0.05, 0) is 42.5 Å². The fourth-order valence-electron chi connectivity index (χ4n) is 2.37. The van der Waals surface area contributed by atoms with Gasteiger partial charge < -0.3 is 19.4 Å². The van der Waals surface area contributed by atoms with Crippen molar-refractivity contribution in [1.29, 1.82) is 0 Å². The zero-order chi connectivity index (χ0) is 19.8.